The molecule has 0 radical (unpaired) electrons. The molecule has 2 fully saturated rings. The van der Waals surface area contributed by atoms with Crippen molar-refractivity contribution in [3.63, 3.8) is 0 Å². The van der Waals surface area contributed by atoms with Gasteiger partial charge in [-0.05, 0) is 12.8 Å². The fraction of sp³-hybridized carbons (Fsp3) is 0.769. The smallest absolute Gasteiger partial charge is 0.229 e. The standard InChI is InChI=1S/C13H21N3O3.ClH/c14-9-13(6-1-2-7-13)15-10(17)5-8-16-11(18)3-4-12(16)19;/h1-9,14H2,(H,15,17);1H. The Morgan fingerprint density at radius 3 is 2.25 bits per heavy atom. The highest BCUT2D eigenvalue weighted by atomic mass is 35.5. The predicted molar refractivity (Wildman–Crippen MR) is 76.2 cm³/mol. The molecule has 1 aliphatic carbocycles. The lowest BCUT2D eigenvalue weighted by molar-refractivity contribution is -0.138. The molecule has 2 rings (SSSR count). The predicted octanol–water partition coefficient (Wildman–Crippen LogP) is 0.335. The molecule has 6 nitrogen and oxygen atoms in total. The van der Waals surface area contributed by atoms with Gasteiger partial charge in [0, 0.05) is 32.4 Å². The maximum Gasteiger partial charge on any atom is 0.229 e. The van der Waals surface area contributed by atoms with E-state index in [2.05, 4.69) is 5.32 Å². The number of imide groups is 1. The van der Waals surface area contributed by atoms with Crippen molar-refractivity contribution in [2.75, 3.05) is 13.1 Å². The summed E-state index contributed by atoms with van der Waals surface area (Å²) in [6.07, 6.45) is 4.70. The Morgan fingerprint density at radius 1 is 1.20 bits per heavy atom. The molecular formula is C13H22ClN3O3. The summed E-state index contributed by atoms with van der Waals surface area (Å²) in [5.74, 6) is -0.473. The van der Waals surface area contributed by atoms with Crippen molar-refractivity contribution in [3.05, 3.63) is 0 Å². The Hall–Kier alpha value is -1.14. The first kappa shape index (κ1) is 16.9. The van der Waals surface area contributed by atoms with Gasteiger partial charge in [0.15, 0.2) is 0 Å². The molecule has 1 heterocycles. The molecule has 0 aromatic heterocycles. The molecule has 2 aliphatic rings. The molecule has 0 aromatic carbocycles. The quantitative estimate of drug-likeness (QED) is 0.716. The highest BCUT2D eigenvalue weighted by Gasteiger charge is 2.34. The third-order valence-corrected chi connectivity index (χ3v) is 4.07. The van der Waals surface area contributed by atoms with E-state index in [1.54, 1.807) is 0 Å². The van der Waals surface area contributed by atoms with E-state index in [0.29, 0.717) is 6.54 Å². The topological polar surface area (TPSA) is 92.5 Å². The van der Waals surface area contributed by atoms with Crippen molar-refractivity contribution in [3.8, 4) is 0 Å². The van der Waals surface area contributed by atoms with E-state index in [1.807, 2.05) is 0 Å². The second-order valence-electron chi connectivity index (χ2n) is 5.43. The molecule has 1 aliphatic heterocycles. The number of hydrogen-bond donors (Lipinski definition) is 2. The molecule has 0 atom stereocenters. The first-order chi connectivity index (χ1) is 9.06. The van der Waals surface area contributed by atoms with Crippen LogP contribution >= 0.6 is 12.4 Å². The number of carbonyl (C=O) groups excluding carboxylic acids is 3. The third kappa shape index (κ3) is 3.70. The van der Waals surface area contributed by atoms with Crippen LogP contribution in [0.2, 0.25) is 0 Å². The molecule has 0 aromatic rings. The largest absolute Gasteiger partial charge is 0.349 e. The summed E-state index contributed by atoms with van der Waals surface area (Å²) in [5.41, 5.74) is 5.48. The van der Waals surface area contributed by atoms with Crippen molar-refractivity contribution in [2.24, 2.45) is 5.73 Å². The molecular weight excluding hydrogens is 282 g/mol. The minimum absolute atomic E-state index is 0. The second kappa shape index (κ2) is 7.04. The van der Waals surface area contributed by atoms with Crippen LogP contribution in [0.5, 0.6) is 0 Å². The van der Waals surface area contributed by atoms with Crippen LogP contribution in [-0.2, 0) is 14.4 Å². The van der Waals surface area contributed by atoms with E-state index in [0.717, 1.165) is 25.7 Å². The Bertz CT molecular complexity index is 378. The Labute approximate surface area is 124 Å². The number of halogens is 1. The van der Waals surface area contributed by atoms with Gasteiger partial charge in [0.2, 0.25) is 17.7 Å². The monoisotopic (exact) mass is 303 g/mol. The van der Waals surface area contributed by atoms with Crippen LogP contribution in [-0.4, -0.2) is 41.2 Å². The zero-order chi connectivity index (χ0) is 13.9. The fourth-order valence-corrected chi connectivity index (χ4v) is 2.88. The van der Waals surface area contributed by atoms with E-state index in [4.69, 9.17) is 5.73 Å². The van der Waals surface area contributed by atoms with E-state index in [9.17, 15) is 14.4 Å². The molecule has 0 spiro atoms. The minimum Gasteiger partial charge on any atom is -0.349 e. The van der Waals surface area contributed by atoms with E-state index < -0.39 is 0 Å². The Morgan fingerprint density at radius 2 is 1.75 bits per heavy atom. The van der Waals surface area contributed by atoms with E-state index >= 15 is 0 Å². The van der Waals surface area contributed by atoms with Crippen molar-refractivity contribution in [1.29, 1.82) is 0 Å². The van der Waals surface area contributed by atoms with Crippen molar-refractivity contribution in [2.45, 2.75) is 50.5 Å². The maximum absolute atomic E-state index is 11.9. The molecule has 3 amide bonds. The first-order valence-electron chi connectivity index (χ1n) is 6.91. The number of nitrogens with two attached hydrogens (primary N) is 1. The fourth-order valence-electron chi connectivity index (χ4n) is 2.88. The molecule has 114 valence electrons. The summed E-state index contributed by atoms with van der Waals surface area (Å²) in [4.78, 5) is 35.9. The molecule has 1 saturated carbocycles. The molecule has 20 heavy (non-hydrogen) atoms. The SMILES string of the molecule is Cl.NCC1(NC(=O)CCN2C(=O)CCC2=O)CCCC1. The zero-order valence-corrected chi connectivity index (χ0v) is 12.3. The first-order valence-corrected chi connectivity index (χ1v) is 6.91. The van der Waals surface area contributed by atoms with Gasteiger partial charge >= 0.3 is 0 Å². The highest BCUT2D eigenvalue weighted by Crippen LogP contribution is 2.28. The van der Waals surface area contributed by atoms with Gasteiger partial charge < -0.3 is 11.1 Å². The number of nitrogens with zero attached hydrogens (tertiary/aromatic N) is 1. The molecule has 3 N–H and O–H groups in total. The van der Waals surface area contributed by atoms with Crippen molar-refractivity contribution in [1.82, 2.24) is 10.2 Å². The van der Waals surface area contributed by atoms with Crippen LogP contribution in [0.15, 0.2) is 0 Å². The average Bonchev–Trinajstić information content (AvgIpc) is 2.96. The minimum atomic E-state index is -0.268. The zero-order valence-electron chi connectivity index (χ0n) is 11.5. The average molecular weight is 304 g/mol. The number of hydrogen-bond acceptors (Lipinski definition) is 4. The number of amides is 3. The van der Waals surface area contributed by atoms with Crippen LogP contribution in [0.25, 0.3) is 0 Å². The summed E-state index contributed by atoms with van der Waals surface area (Å²) in [6, 6.07) is 0. The van der Waals surface area contributed by atoms with Crippen molar-refractivity contribution < 1.29 is 14.4 Å². The van der Waals surface area contributed by atoms with Crippen LogP contribution < -0.4 is 11.1 Å². The second-order valence-corrected chi connectivity index (χ2v) is 5.43. The number of rotatable bonds is 5. The highest BCUT2D eigenvalue weighted by molar-refractivity contribution is 6.02. The number of carbonyl (C=O) groups is 3. The molecule has 1 saturated heterocycles. The van der Waals surface area contributed by atoms with Crippen LogP contribution in [0.4, 0.5) is 0 Å². The van der Waals surface area contributed by atoms with Crippen molar-refractivity contribution >= 4 is 30.1 Å². The summed E-state index contributed by atoms with van der Waals surface area (Å²) in [5, 5.41) is 2.98. The lowest BCUT2D eigenvalue weighted by Gasteiger charge is -2.29. The van der Waals surface area contributed by atoms with Gasteiger partial charge in [-0.1, -0.05) is 12.8 Å². The molecule has 0 bridgehead atoms. The van der Waals surface area contributed by atoms with Gasteiger partial charge in [0.1, 0.15) is 0 Å². The van der Waals surface area contributed by atoms with Gasteiger partial charge in [0.25, 0.3) is 0 Å². The van der Waals surface area contributed by atoms with Crippen LogP contribution in [0.1, 0.15) is 44.9 Å². The Balaban J connectivity index is 0.00000200. The summed E-state index contributed by atoms with van der Waals surface area (Å²) in [6.45, 7) is 0.629. The molecule has 0 unspecified atom stereocenters. The normalized spacial score (nSPS) is 20.9. The molecule has 7 heteroatoms. The Kier molecular flexibility index (Phi) is 5.95. The van der Waals surface area contributed by atoms with E-state index in [-0.39, 0.29) is 61.5 Å². The van der Waals surface area contributed by atoms with Gasteiger partial charge in [-0.2, -0.15) is 0 Å². The van der Waals surface area contributed by atoms with Crippen LogP contribution in [0, 0.1) is 0 Å². The number of likely N-dealkylation sites (tertiary alicyclic amines) is 1. The summed E-state index contributed by atoms with van der Waals surface area (Å²) in [7, 11) is 0. The van der Waals surface area contributed by atoms with Gasteiger partial charge in [-0.15, -0.1) is 12.4 Å². The third-order valence-electron chi connectivity index (χ3n) is 4.07. The summed E-state index contributed by atoms with van der Waals surface area (Å²) < 4.78 is 0. The van der Waals surface area contributed by atoms with Gasteiger partial charge in [-0.3, -0.25) is 19.3 Å². The van der Waals surface area contributed by atoms with Crippen LogP contribution in [0.3, 0.4) is 0 Å². The lowest BCUT2D eigenvalue weighted by atomic mass is 9.97. The van der Waals surface area contributed by atoms with Gasteiger partial charge in [0.05, 0.1) is 5.54 Å². The number of nitrogens with one attached hydrogen (secondary N) is 1. The van der Waals surface area contributed by atoms with E-state index in [1.165, 1.54) is 4.90 Å². The lowest BCUT2D eigenvalue weighted by Crippen LogP contribution is -2.52. The summed E-state index contributed by atoms with van der Waals surface area (Å²) >= 11 is 0. The maximum atomic E-state index is 11.9. The van der Waals surface area contributed by atoms with Gasteiger partial charge in [-0.25, -0.2) is 0 Å².